The zero-order valence-corrected chi connectivity index (χ0v) is 18.5. The van der Waals surface area contributed by atoms with Crippen LogP contribution in [0.15, 0.2) is 47.7 Å². The molecule has 7 heteroatoms. The van der Waals surface area contributed by atoms with Gasteiger partial charge >= 0.3 is 0 Å². The molecule has 1 aliphatic rings. The molecule has 27 heavy (non-hydrogen) atoms. The van der Waals surface area contributed by atoms with Crippen molar-refractivity contribution in [3.05, 3.63) is 54.1 Å². The zero-order valence-electron chi connectivity index (χ0n) is 16.2. The molecule has 3 rings (SSSR count). The number of halogens is 1. The van der Waals surface area contributed by atoms with Crippen molar-refractivity contribution in [1.29, 1.82) is 0 Å². The van der Waals surface area contributed by atoms with Crippen LogP contribution in [0.1, 0.15) is 17.8 Å². The van der Waals surface area contributed by atoms with Crippen molar-refractivity contribution in [3.63, 3.8) is 0 Å². The van der Waals surface area contributed by atoms with Crippen LogP contribution in [0.4, 0.5) is 0 Å². The molecule has 0 bridgehead atoms. The summed E-state index contributed by atoms with van der Waals surface area (Å²) in [5.41, 5.74) is 1.29. The maximum Gasteiger partial charge on any atom is 0.193 e. The van der Waals surface area contributed by atoms with Crippen molar-refractivity contribution >= 4 is 29.9 Å². The minimum absolute atomic E-state index is 0. The van der Waals surface area contributed by atoms with Gasteiger partial charge in [0, 0.05) is 65.1 Å². The van der Waals surface area contributed by atoms with E-state index in [0.717, 1.165) is 57.5 Å². The molecule has 0 spiro atoms. The van der Waals surface area contributed by atoms with E-state index in [9.17, 15) is 0 Å². The van der Waals surface area contributed by atoms with Crippen molar-refractivity contribution in [2.75, 3.05) is 40.4 Å². The fourth-order valence-electron chi connectivity index (χ4n) is 3.36. The van der Waals surface area contributed by atoms with Crippen LogP contribution in [0.3, 0.4) is 0 Å². The van der Waals surface area contributed by atoms with Gasteiger partial charge in [-0.2, -0.15) is 0 Å². The Hall–Kier alpha value is -1.61. The molecule has 1 aromatic carbocycles. The summed E-state index contributed by atoms with van der Waals surface area (Å²) in [6.07, 6.45) is 5.92. The Balaban J connectivity index is 0.00000261. The minimum atomic E-state index is 0. The highest BCUT2D eigenvalue weighted by atomic mass is 127. The fourth-order valence-corrected chi connectivity index (χ4v) is 3.36. The number of hydrogen-bond acceptors (Lipinski definition) is 3. The Morgan fingerprint density at radius 1 is 1.37 bits per heavy atom. The average Bonchev–Trinajstić information content (AvgIpc) is 3.32. The molecule has 0 amide bonds. The maximum atomic E-state index is 5.47. The van der Waals surface area contributed by atoms with Gasteiger partial charge in [-0.15, -0.1) is 24.0 Å². The number of nitrogens with one attached hydrogen (secondary N) is 1. The van der Waals surface area contributed by atoms with Gasteiger partial charge in [0.1, 0.15) is 5.82 Å². The molecule has 0 aliphatic carbocycles. The van der Waals surface area contributed by atoms with Gasteiger partial charge in [-0.25, -0.2) is 4.98 Å². The number of nitrogens with zero attached hydrogens (tertiary/aromatic N) is 4. The standard InChI is InChI=1S/C20H29N5O.HI/c1-21-20(24(2)14-18-9-13-26-16-18)23-10-8-19-22-11-12-25(19)15-17-6-4-3-5-7-17;/h3-7,11-12,18H,8-10,13-16H2,1-2H3,(H,21,23);1H. The second-order valence-electron chi connectivity index (χ2n) is 6.79. The highest BCUT2D eigenvalue weighted by Gasteiger charge is 2.19. The molecule has 6 nitrogen and oxygen atoms in total. The van der Waals surface area contributed by atoms with Crippen LogP contribution < -0.4 is 5.32 Å². The molecule has 148 valence electrons. The number of aliphatic imine (C=N–C) groups is 1. The lowest BCUT2D eigenvalue weighted by Gasteiger charge is -2.24. The minimum Gasteiger partial charge on any atom is -0.381 e. The average molecular weight is 483 g/mol. The number of rotatable bonds is 7. The molecule has 1 unspecified atom stereocenters. The predicted octanol–water partition coefficient (Wildman–Crippen LogP) is 2.64. The third-order valence-corrected chi connectivity index (χ3v) is 4.76. The van der Waals surface area contributed by atoms with Crippen molar-refractivity contribution < 1.29 is 4.74 Å². The van der Waals surface area contributed by atoms with Crippen LogP contribution >= 0.6 is 24.0 Å². The largest absolute Gasteiger partial charge is 0.381 e. The third kappa shape index (κ3) is 6.49. The molecule has 1 fully saturated rings. The second kappa shape index (κ2) is 11.3. The van der Waals surface area contributed by atoms with Crippen LogP contribution in [0.2, 0.25) is 0 Å². The number of hydrogen-bond donors (Lipinski definition) is 1. The van der Waals surface area contributed by atoms with Gasteiger partial charge in [0.2, 0.25) is 0 Å². The summed E-state index contributed by atoms with van der Waals surface area (Å²) in [6, 6.07) is 10.5. The molecule has 1 aromatic heterocycles. The van der Waals surface area contributed by atoms with Crippen LogP contribution in [0.5, 0.6) is 0 Å². The molecule has 1 aliphatic heterocycles. The van der Waals surface area contributed by atoms with E-state index in [2.05, 4.69) is 56.1 Å². The first-order valence-electron chi connectivity index (χ1n) is 9.29. The van der Waals surface area contributed by atoms with Crippen LogP contribution in [0.25, 0.3) is 0 Å². The summed E-state index contributed by atoms with van der Waals surface area (Å²) in [5.74, 6) is 2.62. The molecule has 0 saturated carbocycles. The van der Waals surface area contributed by atoms with Gasteiger partial charge in [-0.05, 0) is 12.0 Å². The SMILES string of the molecule is CN=C(NCCc1nccn1Cc1ccccc1)N(C)CC1CCOC1.I. The Kier molecular flexibility index (Phi) is 9.06. The third-order valence-electron chi connectivity index (χ3n) is 4.76. The van der Waals surface area contributed by atoms with E-state index >= 15 is 0 Å². The number of guanidine groups is 1. The lowest BCUT2D eigenvalue weighted by atomic mass is 10.1. The van der Waals surface area contributed by atoms with Gasteiger partial charge in [0.25, 0.3) is 0 Å². The van der Waals surface area contributed by atoms with Gasteiger partial charge in [0.05, 0.1) is 6.61 Å². The van der Waals surface area contributed by atoms with E-state index in [1.165, 1.54) is 5.56 Å². The monoisotopic (exact) mass is 483 g/mol. The van der Waals surface area contributed by atoms with E-state index in [0.29, 0.717) is 5.92 Å². The summed E-state index contributed by atoms with van der Waals surface area (Å²) < 4.78 is 7.67. The summed E-state index contributed by atoms with van der Waals surface area (Å²) in [4.78, 5) is 11.1. The van der Waals surface area contributed by atoms with Crippen molar-refractivity contribution in [3.8, 4) is 0 Å². The molecule has 1 saturated heterocycles. The number of ether oxygens (including phenoxy) is 1. The Morgan fingerprint density at radius 2 is 2.19 bits per heavy atom. The molecular formula is C20H30IN5O. The first-order chi connectivity index (χ1) is 12.8. The quantitative estimate of drug-likeness (QED) is 0.374. The lowest BCUT2D eigenvalue weighted by molar-refractivity contribution is 0.181. The molecule has 1 N–H and O–H groups in total. The van der Waals surface area contributed by atoms with E-state index in [1.807, 2.05) is 25.5 Å². The van der Waals surface area contributed by atoms with Crippen molar-refractivity contribution in [2.45, 2.75) is 19.4 Å². The number of aromatic nitrogens is 2. The maximum absolute atomic E-state index is 5.47. The van der Waals surface area contributed by atoms with Gasteiger partial charge < -0.3 is 19.5 Å². The first kappa shape index (κ1) is 21.7. The topological polar surface area (TPSA) is 54.7 Å². The van der Waals surface area contributed by atoms with Gasteiger partial charge in [-0.3, -0.25) is 4.99 Å². The second-order valence-corrected chi connectivity index (χ2v) is 6.79. The smallest absolute Gasteiger partial charge is 0.193 e. The highest BCUT2D eigenvalue weighted by Crippen LogP contribution is 2.13. The summed E-state index contributed by atoms with van der Waals surface area (Å²) in [5, 5.41) is 3.45. The van der Waals surface area contributed by atoms with Crippen molar-refractivity contribution in [2.24, 2.45) is 10.9 Å². The van der Waals surface area contributed by atoms with Crippen molar-refractivity contribution in [1.82, 2.24) is 19.8 Å². The lowest BCUT2D eigenvalue weighted by Crippen LogP contribution is -2.42. The van der Waals surface area contributed by atoms with E-state index in [4.69, 9.17) is 4.74 Å². The molecule has 0 radical (unpaired) electrons. The van der Waals surface area contributed by atoms with Gasteiger partial charge in [-0.1, -0.05) is 30.3 Å². The first-order valence-corrected chi connectivity index (χ1v) is 9.29. The van der Waals surface area contributed by atoms with E-state index in [1.54, 1.807) is 0 Å². The summed E-state index contributed by atoms with van der Waals surface area (Å²) >= 11 is 0. The fraction of sp³-hybridized carbons (Fsp3) is 0.500. The van der Waals surface area contributed by atoms with Crippen LogP contribution in [-0.2, 0) is 17.7 Å². The Labute approximate surface area is 179 Å². The van der Waals surface area contributed by atoms with Gasteiger partial charge in [0.15, 0.2) is 5.96 Å². The number of benzene rings is 1. The zero-order chi connectivity index (χ0) is 18.2. The normalized spacial score (nSPS) is 16.8. The molecule has 2 aromatic rings. The van der Waals surface area contributed by atoms with E-state index < -0.39 is 0 Å². The van der Waals surface area contributed by atoms with Crippen LogP contribution in [-0.4, -0.2) is 60.8 Å². The molecule has 2 heterocycles. The van der Waals surface area contributed by atoms with E-state index in [-0.39, 0.29) is 24.0 Å². The molecular weight excluding hydrogens is 453 g/mol. The Morgan fingerprint density at radius 3 is 2.89 bits per heavy atom. The summed E-state index contributed by atoms with van der Waals surface area (Å²) in [6.45, 7) is 4.38. The van der Waals surface area contributed by atoms with Crippen LogP contribution in [0, 0.1) is 5.92 Å². The highest BCUT2D eigenvalue weighted by molar-refractivity contribution is 14.0. The summed E-state index contributed by atoms with van der Waals surface area (Å²) in [7, 11) is 3.92. The Bertz CT molecular complexity index is 697. The predicted molar refractivity (Wildman–Crippen MR) is 120 cm³/mol. The molecule has 1 atom stereocenters. The number of imidazole rings is 1.